The molecule has 1 amide bonds. The van der Waals surface area contributed by atoms with Crippen molar-refractivity contribution in [3.8, 4) is 0 Å². The van der Waals surface area contributed by atoms with Gasteiger partial charge in [0.05, 0.1) is 22.1 Å². The fourth-order valence-corrected chi connectivity index (χ4v) is 3.90. The molecule has 0 radical (unpaired) electrons. The Morgan fingerprint density at radius 2 is 2.30 bits per heavy atom. The van der Waals surface area contributed by atoms with Crippen LogP contribution in [0.3, 0.4) is 0 Å². The van der Waals surface area contributed by atoms with Gasteiger partial charge in [-0.3, -0.25) is 9.78 Å². The Morgan fingerprint density at radius 1 is 1.45 bits per heavy atom. The van der Waals surface area contributed by atoms with E-state index in [-0.39, 0.29) is 5.91 Å². The van der Waals surface area contributed by atoms with Crippen molar-refractivity contribution in [3.63, 3.8) is 0 Å². The van der Waals surface area contributed by atoms with Crippen LogP contribution in [0.15, 0.2) is 34.2 Å². The van der Waals surface area contributed by atoms with E-state index >= 15 is 0 Å². The summed E-state index contributed by atoms with van der Waals surface area (Å²) in [5.74, 6) is -0.00692. The minimum absolute atomic E-state index is 0.00692. The lowest BCUT2D eigenvalue weighted by molar-refractivity contribution is -0.133. The number of nitrogens with two attached hydrogens (primary N) is 1. The lowest BCUT2D eigenvalue weighted by Crippen LogP contribution is -2.42. The van der Waals surface area contributed by atoms with Gasteiger partial charge in [-0.25, -0.2) is 0 Å². The third-order valence-electron chi connectivity index (χ3n) is 3.37. The van der Waals surface area contributed by atoms with Gasteiger partial charge < -0.3 is 10.6 Å². The molecule has 2 aromatic rings. The molecule has 0 fully saturated rings. The van der Waals surface area contributed by atoms with E-state index in [1.54, 1.807) is 22.4 Å². The minimum atomic E-state index is -0.491. The molecule has 1 aliphatic heterocycles. The summed E-state index contributed by atoms with van der Waals surface area (Å²) in [7, 11) is 0. The summed E-state index contributed by atoms with van der Waals surface area (Å²) in [4.78, 5) is 19.6. The highest BCUT2D eigenvalue weighted by molar-refractivity contribution is 9.11. The summed E-state index contributed by atoms with van der Waals surface area (Å²) < 4.78 is 1.06. The number of fused-ring (bicyclic) bond motifs is 1. The van der Waals surface area contributed by atoms with E-state index in [1.165, 1.54) is 0 Å². The van der Waals surface area contributed by atoms with Crippen LogP contribution in [-0.2, 0) is 24.3 Å². The first-order valence-electron chi connectivity index (χ1n) is 6.35. The van der Waals surface area contributed by atoms with Crippen molar-refractivity contribution < 1.29 is 4.79 Å². The molecule has 0 aromatic carbocycles. The largest absolute Gasteiger partial charge is 0.331 e. The topological polar surface area (TPSA) is 59.2 Å². The Morgan fingerprint density at radius 3 is 3.00 bits per heavy atom. The monoisotopic (exact) mass is 351 g/mol. The molecule has 3 rings (SSSR count). The van der Waals surface area contributed by atoms with Crippen LogP contribution in [0.2, 0.25) is 0 Å². The average Bonchev–Trinajstić information content (AvgIpc) is 3.03. The Bertz CT molecular complexity index is 618. The van der Waals surface area contributed by atoms with Crippen molar-refractivity contribution in [3.05, 3.63) is 50.4 Å². The average molecular weight is 352 g/mol. The quantitative estimate of drug-likeness (QED) is 0.922. The zero-order chi connectivity index (χ0) is 14.1. The molecular formula is C14H14BrN3OS. The van der Waals surface area contributed by atoms with E-state index in [9.17, 15) is 4.79 Å². The molecule has 0 bridgehead atoms. The maximum atomic E-state index is 12.4. The predicted octanol–water partition coefficient (Wildman–Crippen LogP) is 2.32. The van der Waals surface area contributed by atoms with Gasteiger partial charge in [0.25, 0.3) is 0 Å². The molecule has 2 aromatic heterocycles. The molecule has 104 valence electrons. The molecule has 4 nitrogen and oxygen atoms in total. The molecule has 0 saturated carbocycles. The van der Waals surface area contributed by atoms with Gasteiger partial charge in [-0.2, -0.15) is 0 Å². The van der Waals surface area contributed by atoms with Crippen molar-refractivity contribution in [1.82, 2.24) is 9.88 Å². The zero-order valence-electron chi connectivity index (χ0n) is 10.8. The van der Waals surface area contributed by atoms with Crippen molar-refractivity contribution in [2.45, 2.75) is 25.6 Å². The van der Waals surface area contributed by atoms with Gasteiger partial charge in [-0.15, -0.1) is 11.3 Å². The number of pyridine rings is 1. The molecule has 1 atom stereocenters. The molecule has 0 saturated heterocycles. The van der Waals surface area contributed by atoms with Crippen molar-refractivity contribution in [2.24, 2.45) is 5.73 Å². The van der Waals surface area contributed by atoms with Gasteiger partial charge in [-0.1, -0.05) is 6.07 Å². The molecule has 20 heavy (non-hydrogen) atoms. The Balaban J connectivity index is 1.65. The normalized spacial score (nSPS) is 15.2. The first kappa shape index (κ1) is 13.7. The summed E-state index contributed by atoms with van der Waals surface area (Å²) in [6, 6.07) is 7.40. The van der Waals surface area contributed by atoms with Crippen LogP contribution < -0.4 is 5.73 Å². The molecular weight excluding hydrogens is 338 g/mol. The van der Waals surface area contributed by atoms with Gasteiger partial charge in [-0.05, 0) is 39.7 Å². The fraction of sp³-hybridized carbons (Fsp3) is 0.286. The van der Waals surface area contributed by atoms with Crippen molar-refractivity contribution in [2.75, 3.05) is 0 Å². The van der Waals surface area contributed by atoms with Crippen molar-refractivity contribution >= 4 is 33.2 Å². The maximum absolute atomic E-state index is 12.4. The predicted molar refractivity (Wildman–Crippen MR) is 82.2 cm³/mol. The molecule has 1 unspecified atom stereocenters. The summed E-state index contributed by atoms with van der Waals surface area (Å²) in [6.45, 7) is 1.18. The molecule has 6 heteroatoms. The van der Waals surface area contributed by atoms with Gasteiger partial charge in [0.15, 0.2) is 0 Å². The van der Waals surface area contributed by atoms with E-state index in [1.807, 2.05) is 24.3 Å². The standard InChI is InChI=1S/C14H14BrN3OS/c15-13-4-3-10(20-13)6-11(16)14(19)18-7-9-2-1-5-17-12(9)8-18/h1-5,11H,6-8,16H2. The second kappa shape index (κ2) is 5.63. The summed E-state index contributed by atoms with van der Waals surface area (Å²) in [5, 5.41) is 0. The smallest absolute Gasteiger partial charge is 0.240 e. The van der Waals surface area contributed by atoms with Crippen LogP contribution in [0.25, 0.3) is 0 Å². The summed E-state index contributed by atoms with van der Waals surface area (Å²) in [5.41, 5.74) is 8.15. The first-order chi connectivity index (χ1) is 9.63. The molecule has 2 N–H and O–H groups in total. The highest BCUT2D eigenvalue weighted by Crippen LogP contribution is 2.24. The number of halogens is 1. The summed E-state index contributed by atoms with van der Waals surface area (Å²) >= 11 is 5.04. The van der Waals surface area contributed by atoms with Crippen LogP contribution in [0.5, 0.6) is 0 Å². The van der Waals surface area contributed by atoms with Gasteiger partial charge >= 0.3 is 0 Å². The third-order valence-corrected chi connectivity index (χ3v) is 5.01. The second-order valence-electron chi connectivity index (χ2n) is 4.82. The number of rotatable bonds is 3. The highest BCUT2D eigenvalue weighted by Gasteiger charge is 2.27. The fourth-order valence-electron chi connectivity index (χ4n) is 2.36. The van der Waals surface area contributed by atoms with Crippen LogP contribution in [0.1, 0.15) is 16.1 Å². The van der Waals surface area contributed by atoms with Gasteiger partial charge in [0, 0.05) is 24.0 Å². The van der Waals surface area contributed by atoms with Gasteiger partial charge in [0.2, 0.25) is 5.91 Å². The van der Waals surface area contributed by atoms with E-state index < -0.39 is 6.04 Å². The van der Waals surface area contributed by atoms with Gasteiger partial charge in [0.1, 0.15) is 0 Å². The number of thiophene rings is 1. The second-order valence-corrected chi connectivity index (χ2v) is 7.37. The van der Waals surface area contributed by atoms with E-state index in [0.717, 1.165) is 19.9 Å². The third kappa shape index (κ3) is 2.77. The number of carbonyl (C=O) groups excluding carboxylic acids is 1. The van der Waals surface area contributed by atoms with Crippen LogP contribution in [-0.4, -0.2) is 21.8 Å². The van der Waals surface area contributed by atoms with Crippen LogP contribution >= 0.6 is 27.3 Å². The van der Waals surface area contributed by atoms with Crippen molar-refractivity contribution in [1.29, 1.82) is 0 Å². The number of hydrogen-bond donors (Lipinski definition) is 1. The number of nitrogens with zero attached hydrogens (tertiary/aromatic N) is 2. The lowest BCUT2D eigenvalue weighted by atomic mass is 10.1. The van der Waals surface area contributed by atoms with Crippen LogP contribution in [0, 0.1) is 0 Å². The molecule has 1 aliphatic rings. The zero-order valence-corrected chi connectivity index (χ0v) is 13.2. The van der Waals surface area contributed by atoms with E-state index in [4.69, 9.17) is 5.73 Å². The lowest BCUT2D eigenvalue weighted by Gasteiger charge is -2.19. The summed E-state index contributed by atoms with van der Waals surface area (Å²) in [6.07, 6.45) is 2.34. The molecule has 0 aliphatic carbocycles. The van der Waals surface area contributed by atoms with E-state index in [0.29, 0.717) is 19.5 Å². The molecule has 3 heterocycles. The SMILES string of the molecule is NC(Cc1ccc(Br)s1)C(=O)N1Cc2cccnc2C1. The highest BCUT2D eigenvalue weighted by atomic mass is 79.9. The Kier molecular flexibility index (Phi) is 3.87. The Hall–Kier alpha value is -1.24. The minimum Gasteiger partial charge on any atom is -0.331 e. The molecule has 0 spiro atoms. The number of amides is 1. The number of hydrogen-bond acceptors (Lipinski definition) is 4. The van der Waals surface area contributed by atoms with Crippen LogP contribution in [0.4, 0.5) is 0 Å². The maximum Gasteiger partial charge on any atom is 0.240 e. The first-order valence-corrected chi connectivity index (χ1v) is 7.96. The number of carbonyl (C=O) groups is 1. The van der Waals surface area contributed by atoms with E-state index in [2.05, 4.69) is 20.9 Å². The number of aromatic nitrogens is 1. The Labute approximate surface area is 129 Å².